The van der Waals surface area contributed by atoms with Crippen LogP contribution in [-0.4, -0.2) is 77.7 Å². The molecule has 3 heterocycles. The standard InChI is InChI=1S/C39H48ClN3O7/c1-4-6-19-31(45)41-25-30(27-16-10-9-11-17-27)49-38(48)32-29-20-21-39(50-29)33(32)36(46)43(23-12-7-8-13-24-44)35(39)37(47)42(22-5-2)34-26(3)15-14-18-28(34)40/h4-5,9-11,14-18,29-30,32-33,35,44H,1-2,6-8,12-13,19-25H2,3H3,(H,41,45)/t29-,30+,32+,33+,35-,39+/m1/s1. The van der Waals surface area contributed by atoms with Crippen molar-refractivity contribution < 1.29 is 33.8 Å². The minimum atomic E-state index is -1.23. The van der Waals surface area contributed by atoms with Gasteiger partial charge in [0.1, 0.15) is 17.7 Å². The van der Waals surface area contributed by atoms with E-state index in [9.17, 15) is 24.3 Å². The highest BCUT2D eigenvalue weighted by molar-refractivity contribution is 6.34. The lowest BCUT2D eigenvalue weighted by atomic mass is 9.70. The predicted octanol–water partition coefficient (Wildman–Crippen LogP) is 5.46. The maximum atomic E-state index is 14.9. The molecule has 268 valence electrons. The maximum absolute atomic E-state index is 14.9. The van der Waals surface area contributed by atoms with Crippen molar-refractivity contribution in [3.8, 4) is 0 Å². The molecule has 3 saturated heterocycles. The molecule has 2 aromatic rings. The second kappa shape index (κ2) is 16.8. The number of esters is 1. The van der Waals surface area contributed by atoms with E-state index in [0.717, 1.165) is 18.4 Å². The van der Waals surface area contributed by atoms with Crippen LogP contribution in [0.1, 0.15) is 68.6 Å². The molecule has 0 saturated carbocycles. The van der Waals surface area contributed by atoms with Gasteiger partial charge < -0.3 is 29.7 Å². The van der Waals surface area contributed by atoms with E-state index >= 15 is 0 Å². The van der Waals surface area contributed by atoms with Crippen LogP contribution in [0.25, 0.3) is 0 Å². The molecule has 2 aromatic carbocycles. The third kappa shape index (κ3) is 7.53. The smallest absolute Gasteiger partial charge is 0.313 e. The number of benzene rings is 2. The van der Waals surface area contributed by atoms with Crippen LogP contribution in [0.3, 0.4) is 0 Å². The fraction of sp³-hybridized carbons (Fsp3) is 0.487. The molecule has 0 unspecified atom stereocenters. The average molecular weight is 706 g/mol. The summed E-state index contributed by atoms with van der Waals surface area (Å²) in [6.07, 6.45) is 6.40. The molecule has 1 spiro atoms. The van der Waals surface area contributed by atoms with Crippen molar-refractivity contribution in [2.75, 3.05) is 31.1 Å². The zero-order valence-corrected chi connectivity index (χ0v) is 29.5. The molecule has 3 aliphatic rings. The van der Waals surface area contributed by atoms with Gasteiger partial charge in [-0.1, -0.05) is 79.1 Å². The Morgan fingerprint density at radius 1 is 1.12 bits per heavy atom. The molecule has 10 nitrogen and oxygen atoms in total. The molecular weight excluding hydrogens is 658 g/mol. The van der Waals surface area contributed by atoms with Gasteiger partial charge in [0.05, 0.1) is 35.2 Å². The Morgan fingerprint density at radius 3 is 2.58 bits per heavy atom. The number of aliphatic hydroxyl groups is 1. The number of halogens is 1. The van der Waals surface area contributed by atoms with E-state index in [-0.39, 0.29) is 43.8 Å². The molecule has 2 bridgehead atoms. The van der Waals surface area contributed by atoms with Gasteiger partial charge in [0.25, 0.3) is 5.91 Å². The van der Waals surface area contributed by atoms with E-state index in [1.54, 1.807) is 28.0 Å². The number of likely N-dealkylation sites (tertiary alicyclic amines) is 1. The average Bonchev–Trinajstić information content (AvgIpc) is 3.76. The van der Waals surface area contributed by atoms with Crippen LogP contribution >= 0.6 is 11.6 Å². The fourth-order valence-electron chi connectivity index (χ4n) is 7.86. The number of ether oxygens (including phenoxy) is 2. The summed E-state index contributed by atoms with van der Waals surface area (Å²) >= 11 is 6.68. The third-order valence-corrected chi connectivity index (χ3v) is 10.4. The Labute approximate surface area is 299 Å². The third-order valence-electron chi connectivity index (χ3n) is 10.1. The molecule has 0 radical (unpaired) electrons. The number of nitrogens with one attached hydrogen (secondary N) is 1. The number of amides is 3. The van der Waals surface area contributed by atoms with Gasteiger partial charge in [-0.2, -0.15) is 0 Å². The van der Waals surface area contributed by atoms with Crippen molar-refractivity contribution >= 4 is 41.0 Å². The first kappa shape index (κ1) is 37.3. The number of hydrogen-bond donors (Lipinski definition) is 2. The monoisotopic (exact) mass is 705 g/mol. The lowest BCUT2D eigenvalue weighted by Crippen LogP contribution is -2.56. The minimum absolute atomic E-state index is 0.0580. The van der Waals surface area contributed by atoms with Gasteiger partial charge in [-0.3, -0.25) is 19.2 Å². The number of anilines is 1. The topological polar surface area (TPSA) is 125 Å². The SMILES string of the molecule is C=CCCC(=O)NC[C@H](OC(=O)[C@@H]1[C@H]2C(=O)N(CCCCCCO)[C@H](C(=O)N(CC=C)c3c(C)cccc3Cl)[C@]23CC[C@H]1O3)c1ccccc1. The predicted molar refractivity (Wildman–Crippen MR) is 191 cm³/mol. The first-order valence-electron chi connectivity index (χ1n) is 17.6. The Hall–Kier alpha value is -3.99. The van der Waals surface area contributed by atoms with Crippen LogP contribution in [0, 0.1) is 18.8 Å². The summed E-state index contributed by atoms with van der Waals surface area (Å²) in [5, 5.41) is 12.5. The summed E-state index contributed by atoms with van der Waals surface area (Å²) in [6.45, 7) is 10.0. The van der Waals surface area contributed by atoms with Crippen molar-refractivity contribution in [2.24, 2.45) is 11.8 Å². The fourth-order valence-corrected chi connectivity index (χ4v) is 8.19. The van der Waals surface area contributed by atoms with Crippen LogP contribution in [0.2, 0.25) is 5.02 Å². The Morgan fingerprint density at radius 2 is 1.88 bits per heavy atom. The van der Waals surface area contributed by atoms with E-state index in [1.165, 1.54) is 0 Å². The van der Waals surface area contributed by atoms with Crippen LogP contribution < -0.4 is 10.2 Å². The molecule has 0 aromatic heterocycles. The van der Waals surface area contributed by atoms with Crippen molar-refractivity contribution in [1.82, 2.24) is 10.2 Å². The summed E-state index contributed by atoms with van der Waals surface area (Å²) in [6, 6.07) is 13.6. The van der Waals surface area contributed by atoms with Crippen LogP contribution in [0.5, 0.6) is 0 Å². The number of allylic oxidation sites excluding steroid dienone is 1. The number of aryl methyl sites for hydroxylation is 1. The summed E-state index contributed by atoms with van der Waals surface area (Å²) < 4.78 is 12.8. The van der Waals surface area contributed by atoms with Gasteiger partial charge in [0, 0.05) is 26.1 Å². The zero-order chi connectivity index (χ0) is 35.8. The van der Waals surface area contributed by atoms with E-state index in [1.807, 2.05) is 49.4 Å². The summed E-state index contributed by atoms with van der Waals surface area (Å²) in [7, 11) is 0. The first-order chi connectivity index (χ1) is 24.2. The lowest BCUT2D eigenvalue weighted by Gasteiger charge is -2.37. The van der Waals surface area contributed by atoms with Gasteiger partial charge in [0.2, 0.25) is 11.8 Å². The van der Waals surface area contributed by atoms with Crippen molar-refractivity contribution in [3.05, 3.63) is 90.0 Å². The number of carbonyl (C=O) groups is 4. The largest absolute Gasteiger partial charge is 0.455 e. The minimum Gasteiger partial charge on any atom is -0.455 e. The summed E-state index contributed by atoms with van der Waals surface area (Å²) in [5.41, 5.74) is 0.805. The highest BCUT2D eigenvalue weighted by Gasteiger charge is 2.75. The number of fused-ring (bicyclic) bond motifs is 1. The Balaban J connectivity index is 1.46. The van der Waals surface area contributed by atoms with E-state index < -0.39 is 41.7 Å². The van der Waals surface area contributed by atoms with Crippen molar-refractivity contribution in [2.45, 2.75) is 82.1 Å². The molecule has 5 rings (SSSR count). The molecule has 3 fully saturated rings. The number of carbonyl (C=O) groups excluding carboxylic acids is 4. The van der Waals surface area contributed by atoms with E-state index in [2.05, 4.69) is 18.5 Å². The van der Waals surface area contributed by atoms with Gasteiger partial charge in [-0.15, -0.1) is 13.2 Å². The highest BCUT2D eigenvalue weighted by Crippen LogP contribution is 2.59. The normalized spacial score (nSPS) is 24.1. The van der Waals surface area contributed by atoms with Gasteiger partial charge in [-0.25, -0.2) is 0 Å². The van der Waals surface area contributed by atoms with Gasteiger partial charge >= 0.3 is 5.97 Å². The molecule has 3 amide bonds. The molecule has 50 heavy (non-hydrogen) atoms. The Bertz CT molecular complexity index is 1550. The number of unbranched alkanes of at least 4 members (excludes halogenated alkanes) is 3. The molecule has 3 aliphatic heterocycles. The van der Waals surface area contributed by atoms with Crippen LogP contribution in [0.15, 0.2) is 73.8 Å². The molecule has 11 heteroatoms. The number of rotatable bonds is 18. The number of nitrogens with zero attached hydrogens (tertiary/aromatic N) is 2. The second-order valence-corrected chi connectivity index (χ2v) is 13.7. The van der Waals surface area contributed by atoms with Gasteiger partial charge in [0.15, 0.2) is 0 Å². The number of para-hydroxylation sites is 1. The molecular formula is C39H48ClN3O7. The van der Waals surface area contributed by atoms with Crippen LogP contribution in [-0.2, 0) is 28.7 Å². The number of hydrogen-bond acceptors (Lipinski definition) is 7. The quantitative estimate of drug-likeness (QED) is 0.120. The summed E-state index contributed by atoms with van der Waals surface area (Å²) in [4.78, 5) is 59.3. The van der Waals surface area contributed by atoms with Gasteiger partial charge in [-0.05, 0) is 56.2 Å². The molecule has 6 atom stereocenters. The highest BCUT2D eigenvalue weighted by atomic mass is 35.5. The molecule has 2 N–H and O–H groups in total. The van der Waals surface area contributed by atoms with Crippen LogP contribution in [0.4, 0.5) is 5.69 Å². The van der Waals surface area contributed by atoms with Crippen molar-refractivity contribution in [1.29, 1.82) is 0 Å². The second-order valence-electron chi connectivity index (χ2n) is 13.3. The van der Waals surface area contributed by atoms with Crippen molar-refractivity contribution in [3.63, 3.8) is 0 Å². The van der Waals surface area contributed by atoms with E-state index in [0.29, 0.717) is 54.9 Å². The zero-order valence-electron chi connectivity index (χ0n) is 28.7. The summed E-state index contributed by atoms with van der Waals surface area (Å²) in [5.74, 6) is -3.28. The molecule has 0 aliphatic carbocycles. The lowest BCUT2D eigenvalue weighted by molar-refractivity contribution is -0.160. The number of aliphatic hydroxyl groups excluding tert-OH is 1. The maximum Gasteiger partial charge on any atom is 0.313 e. The van der Waals surface area contributed by atoms with E-state index in [4.69, 9.17) is 21.1 Å². The Kier molecular flexibility index (Phi) is 12.5. The first-order valence-corrected chi connectivity index (χ1v) is 18.0.